The van der Waals surface area contributed by atoms with Gasteiger partial charge in [-0.1, -0.05) is 196 Å². The zero-order valence-corrected chi connectivity index (χ0v) is 42.8. The van der Waals surface area contributed by atoms with Crippen LogP contribution in [0.4, 0.5) is 0 Å². The lowest BCUT2D eigenvalue weighted by molar-refractivity contribution is -0.533. The highest BCUT2D eigenvalue weighted by atomic mass is 15.2. The molecule has 0 bridgehead atoms. The topological polar surface area (TPSA) is 18.9 Å². The van der Waals surface area contributed by atoms with Gasteiger partial charge in [-0.25, -0.2) is 0 Å². The van der Waals surface area contributed by atoms with Gasteiger partial charge in [0.25, 0.3) is 5.54 Å². The lowest BCUT2D eigenvalue weighted by Crippen LogP contribution is -2.38. The van der Waals surface area contributed by atoms with E-state index < -0.39 is 16.4 Å². The van der Waals surface area contributed by atoms with E-state index in [2.05, 4.69) is 260 Å². The molecule has 0 unspecified atom stereocenters. The monoisotopic (exact) mass is 929 g/mol. The molecule has 13 rings (SSSR count). The molecular formula is C69H59N3+2. The lowest BCUT2D eigenvalue weighted by atomic mass is 9.64. The molecule has 0 saturated heterocycles. The van der Waals surface area contributed by atoms with Gasteiger partial charge in [-0.15, -0.1) is 0 Å². The molecule has 3 nitrogen and oxygen atoms in total. The average molecular weight is 930 g/mol. The van der Waals surface area contributed by atoms with Gasteiger partial charge in [0.1, 0.15) is 0 Å². The summed E-state index contributed by atoms with van der Waals surface area (Å²) in [4.78, 5) is 5.44. The molecule has 0 radical (unpaired) electrons. The van der Waals surface area contributed by atoms with Crippen molar-refractivity contribution in [3.05, 3.63) is 289 Å². The van der Waals surface area contributed by atoms with Crippen LogP contribution in [-0.2, 0) is 16.4 Å². The van der Waals surface area contributed by atoms with Gasteiger partial charge in [0.2, 0.25) is 12.4 Å². The summed E-state index contributed by atoms with van der Waals surface area (Å²) in [5, 5.41) is 0. The van der Waals surface area contributed by atoms with E-state index in [-0.39, 0.29) is 0 Å². The van der Waals surface area contributed by atoms with Crippen LogP contribution in [0.5, 0.6) is 0 Å². The maximum atomic E-state index is 5.44. The molecule has 3 aliphatic carbocycles. The number of hydrogen-bond donors (Lipinski definition) is 0. The van der Waals surface area contributed by atoms with Crippen LogP contribution in [0.3, 0.4) is 0 Å². The van der Waals surface area contributed by atoms with E-state index in [4.69, 9.17) is 4.98 Å². The lowest BCUT2D eigenvalue weighted by Gasteiger charge is -2.38. The van der Waals surface area contributed by atoms with E-state index in [0.29, 0.717) is 5.92 Å². The Morgan fingerprint density at radius 1 is 0.403 bits per heavy atom. The van der Waals surface area contributed by atoms with Crippen molar-refractivity contribution in [3.8, 4) is 33.4 Å². The molecule has 1 aliphatic heterocycles. The Bertz CT molecular complexity index is 3770. The molecular weight excluding hydrogens is 871 g/mol. The van der Waals surface area contributed by atoms with Gasteiger partial charge < -0.3 is 0 Å². The molecule has 0 amide bonds. The molecule has 8 aromatic carbocycles. The van der Waals surface area contributed by atoms with Crippen molar-refractivity contribution in [2.24, 2.45) is 0 Å². The summed E-state index contributed by atoms with van der Waals surface area (Å²) in [6.07, 6.45) is 6.38. The molecule has 4 aliphatic rings. The minimum absolute atomic E-state index is 0.334. The second kappa shape index (κ2) is 15.8. The maximum Gasteiger partial charge on any atom is 0.490 e. The van der Waals surface area contributed by atoms with E-state index in [9.17, 15) is 0 Å². The summed E-state index contributed by atoms with van der Waals surface area (Å²) in [5.74, 6) is 0.334. The molecule has 0 saturated carbocycles. The number of aryl methyl sites for hydroxylation is 6. The van der Waals surface area contributed by atoms with Crippen molar-refractivity contribution in [3.63, 3.8) is 0 Å². The molecule has 0 atom stereocenters. The fourth-order valence-electron chi connectivity index (χ4n) is 13.4. The zero-order chi connectivity index (χ0) is 49.4. The van der Waals surface area contributed by atoms with Crippen molar-refractivity contribution < 1.29 is 9.15 Å². The number of rotatable bonds is 7. The Balaban J connectivity index is 1.16. The minimum atomic E-state index is -0.720. The number of pyridine rings is 1. The predicted molar refractivity (Wildman–Crippen MR) is 294 cm³/mol. The van der Waals surface area contributed by atoms with Crippen LogP contribution in [0.1, 0.15) is 120 Å². The SMILES string of the molecule is Cc1ccc2c(c1)C(c1cccc(C3(c4cc(C(C)C)ccn4)c4cc(C)ccc4-c4ccc(C)cc43)c1)(c1cccc(C3([N+]4=C=[N+](C)C=C4)c4cc(C)ccc4-c4ccc(C)cc43)c1)c1cc(C)ccc1-2. The summed E-state index contributed by atoms with van der Waals surface area (Å²) >= 11 is 0. The average Bonchev–Trinajstić information content (AvgIpc) is 4.09. The van der Waals surface area contributed by atoms with Crippen molar-refractivity contribution in [1.29, 1.82) is 0 Å². The number of hydrogen-bond acceptors (Lipinski definition) is 1. The van der Waals surface area contributed by atoms with Crippen LogP contribution in [0.15, 0.2) is 188 Å². The maximum absolute atomic E-state index is 5.44. The van der Waals surface area contributed by atoms with Crippen molar-refractivity contribution in [2.75, 3.05) is 7.05 Å². The molecule has 2 heterocycles. The summed E-state index contributed by atoms with van der Waals surface area (Å²) in [5.41, 5.74) is 27.8. The predicted octanol–water partition coefficient (Wildman–Crippen LogP) is 15.4. The summed E-state index contributed by atoms with van der Waals surface area (Å²) in [6, 6.07) is 70.1. The molecule has 0 N–H and O–H groups in total. The third-order valence-corrected chi connectivity index (χ3v) is 16.7. The molecule has 72 heavy (non-hydrogen) atoms. The number of aromatic nitrogens is 1. The fourth-order valence-corrected chi connectivity index (χ4v) is 13.4. The van der Waals surface area contributed by atoms with Gasteiger partial charge in [-0.05, 0) is 156 Å². The van der Waals surface area contributed by atoms with Crippen molar-refractivity contribution >= 4 is 6.01 Å². The first kappa shape index (κ1) is 44.0. The third kappa shape index (κ3) is 5.95. The van der Waals surface area contributed by atoms with Crippen LogP contribution >= 0.6 is 0 Å². The summed E-state index contributed by atoms with van der Waals surface area (Å²) in [6.45, 7) is 18.0. The van der Waals surface area contributed by atoms with Crippen molar-refractivity contribution in [2.45, 2.75) is 77.7 Å². The molecule has 0 fully saturated rings. The second-order valence-electron chi connectivity index (χ2n) is 21.7. The molecule has 3 heteroatoms. The standard InChI is InChI=1S/C69H59N3/c1-42(2)49-28-29-70-66(38-49)68(62-34-45(5)18-24-56(62)57-25-19-46(6)35-63(57)68)52-14-10-12-50(39-52)67(60-32-43(3)16-22-54(60)55-23-17-44(4)33-61(55)67)51-13-11-15-53(40-51)69(72-31-30-71(9)41-72)64-36-47(7)20-26-58(64)59-27-21-48(8)37-65(59)69/h10-40,42H,1-9H3/q+2. The minimum Gasteiger partial charge on any atom is -0.260 e. The molecule has 348 valence electrons. The van der Waals surface area contributed by atoms with Gasteiger partial charge in [0.15, 0.2) is 7.05 Å². The van der Waals surface area contributed by atoms with Crippen LogP contribution in [0.2, 0.25) is 0 Å². The van der Waals surface area contributed by atoms with Crippen LogP contribution in [0.25, 0.3) is 33.4 Å². The first-order chi connectivity index (χ1) is 34.8. The van der Waals surface area contributed by atoms with Crippen LogP contribution in [0, 0.1) is 41.5 Å². The van der Waals surface area contributed by atoms with Crippen molar-refractivity contribution in [1.82, 2.24) is 4.98 Å². The largest absolute Gasteiger partial charge is 0.490 e. The third-order valence-electron chi connectivity index (χ3n) is 16.7. The summed E-state index contributed by atoms with van der Waals surface area (Å²) in [7, 11) is 2.08. The molecule has 1 aromatic heterocycles. The van der Waals surface area contributed by atoms with Gasteiger partial charge in [0, 0.05) is 22.9 Å². The Hall–Kier alpha value is -7.97. The van der Waals surface area contributed by atoms with E-state index in [1.54, 1.807) is 0 Å². The first-order valence-corrected chi connectivity index (χ1v) is 25.7. The molecule has 0 spiro atoms. The van der Waals surface area contributed by atoms with Gasteiger partial charge in [-0.2, -0.15) is 0 Å². The Morgan fingerprint density at radius 3 is 1.19 bits per heavy atom. The van der Waals surface area contributed by atoms with Gasteiger partial charge in [-0.3, -0.25) is 4.98 Å². The first-order valence-electron chi connectivity index (χ1n) is 25.7. The van der Waals surface area contributed by atoms with E-state index in [1.165, 1.54) is 128 Å². The number of nitrogens with zero attached hydrogens (tertiary/aromatic N) is 3. The summed E-state index contributed by atoms with van der Waals surface area (Å²) < 4.78 is 4.40. The highest BCUT2D eigenvalue weighted by molar-refractivity contribution is 5.90. The second-order valence-corrected chi connectivity index (χ2v) is 21.7. The van der Waals surface area contributed by atoms with E-state index in [1.807, 2.05) is 6.20 Å². The van der Waals surface area contributed by atoms with Gasteiger partial charge >= 0.3 is 6.01 Å². The zero-order valence-electron chi connectivity index (χ0n) is 42.8. The highest BCUT2D eigenvalue weighted by Gasteiger charge is 2.57. The number of fused-ring (bicyclic) bond motifs is 9. The number of benzene rings is 8. The quantitative estimate of drug-likeness (QED) is 0.146. The Morgan fingerprint density at radius 2 is 0.778 bits per heavy atom. The Labute approximate surface area is 424 Å². The van der Waals surface area contributed by atoms with Gasteiger partial charge in [0.05, 0.1) is 16.5 Å². The van der Waals surface area contributed by atoms with E-state index >= 15 is 0 Å². The van der Waals surface area contributed by atoms with Crippen LogP contribution < -0.4 is 0 Å². The molecule has 9 aromatic rings. The fraction of sp³-hybridized carbons (Fsp3) is 0.188. The van der Waals surface area contributed by atoms with Crippen LogP contribution in [-0.4, -0.2) is 27.2 Å². The normalized spacial score (nSPS) is 15.6. The van der Waals surface area contributed by atoms with E-state index in [0.717, 1.165) is 5.69 Å². The Kier molecular flexibility index (Phi) is 9.64. The smallest absolute Gasteiger partial charge is 0.260 e. The highest BCUT2D eigenvalue weighted by Crippen LogP contribution is 2.61.